The largest absolute Gasteiger partial charge is 0.371 e. The molecule has 0 bridgehead atoms. The van der Waals surface area contributed by atoms with Gasteiger partial charge in [-0.05, 0) is 44.0 Å². The molecule has 0 saturated heterocycles. The van der Waals surface area contributed by atoms with Crippen LogP contribution in [0, 0.1) is 0 Å². The van der Waals surface area contributed by atoms with E-state index in [4.69, 9.17) is 0 Å². The third-order valence-corrected chi connectivity index (χ3v) is 10.00. The summed E-state index contributed by atoms with van der Waals surface area (Å²) in [6, 6.07) is 2.96. The van der Waals surface area contributed by atoms with Gasteiger partial charge in [0.25, 0.3) is 0 Å². The summed E-state index contributed by atoms with van der Waals surface area (Å²) in [5, 5.41) is 0. The quantitative estimate of drug-likeness (QED) is 0.237. The number of ketones is 4. The molecule has 0 radical (unpaired) electrons. The van der Waals surface area contributed by atoms with E-state index in [1.54, 1.807) is 0 Å². The van der Waals surface area contributed by atoms with Crippen molar-refractivity contribution in [3.8, 4) is 19.5 Å². The molecule has 158 valence electrons. The lowest BCUT2D eigenvalue weighted by Gasteiger charge is -2.05. The average Bonchev–Trinajstić information content (AvgIpc) is 3.45. The maximum absolute atomic E-state index is 14.0. The summed E-state index contributed by atoms with van der Waals surface area (Å²) in [5.41, 5.74) is -1.55. The van der Waals surface area contributed by atoms with Crippen LogP contribution >= 0.6 is 65.9 Å². The van der Waals surface area contributed by atoms with E-state index in [1.165, 1.54) is 12.1 Å². The summed E-state index contributed by atoms with van der Waals surface area (Å²) in [4.78, 5) is 49.2. The van der Waals surface area contributed by atoms with Crippen molar-refractivity contribution in [2.45, 2.75) is 11.8 Å². The van der Waals surface area contributed by atoms with Crippen molar-refractivity contribution in [2.24, 2.45) is 0 Å². The second-order valence-electron chi connectivity index (χ2n) is 6.54. The standard InChI is InChI=1S/C18H2Br2F4O4S3/c19-15-7-5(11(25)17(21,22)13(7)27)9(30-15)3-1-2-4(29-3)10-6-8(16(20)31-10)14(28)18(23,24)12(6)26/h1-2H. The van der Waals surface area contributed by atoms with Crippen LogP contribution < -0.4 is 0 Å². The maximum atomic E-state index is 14.0. The van der Waals surface area contributed by atoms with Crippen molar-refractivity contribution in [2.75, 3.05) is 0 Å². The van der Waals surface area contributed by atoms with Crippen molar-refractivity contribution in [3.63, 3.8) is 0 Å². The van der Waals surface area contributed by atoms with Crippen LogP contribution in [-0.2, 0) is 0 Å². The smallest absolute Gasteiger partial charge is 0.287 e. The predicted octanol–water partition coefficient (Wildman–Crippen LogP) is 6.76. The fraction of sp³-hybridized carbons (Fsp3) is 0.111. The molecule has 5 rings (SSSR count). The molecule has 0 unspecified atom stereocenters. The molecule has 0 spiro atoms. The molecule has 0 N–H and O–H groups in total. The van der Waals surface area contributed by atoms with Gasteiger partial charge < -0.3 is 0 Å². The minimum absolute atomic E-state index is 0.0863. The van der Waals surface area contributed by atoms with Gasteiger partial charge in [0, 0.05) is 9.75 Å². The molecule has 3 aromatic rings. The van der Waals surface area contributed by atoms with Crippen LogP contribution in [0.15, 0.2) is 19.7 Å². The topological polar surface area (TPSA) is 68.3 Å². The average molecular weight is 614 g/mol. The van der Waals surface area contributed by atoms with Crippen molar-refractivity contribution in [3.05, 3.63) is 42.0 Å². The molecule has 2 aliphatic carbocycles. The van der Waals surface area contributed by atoms with Gasteiger partial charge in [0.2, 0.25) is 23.1 Å². The molecule has 13 heteroatoms. The summed E-state index contributed by atoms with van der Waals surface area (Å²) in [5.74, 6) is -14.6. The molecule has 0 aliphatic heterocycles. The van der Waals surface area contributed by atoms with Gasteiger partial charge in [-0.3, -0.25) is 19.2 Å². The minimum Gasteiger partial charge on any atom is -0.287 e. The molecular weight excluding hydrogens is 612 g/mol. The molecule has 0 saturated carbocycles. The summed E-state index contributed by atoms with van der Waals surface area (Å²) in [6.45, 7) is 0. The molecular formula is C18H2Br2F4O4S3. The first-order chi connectivity index (χ1) is 14.4. The highest BCUT2D eigenvalue weighted by Crippen LogP contribution is 2.53. The van der Waals surface area contributed by atoms with Gasteiger partial charge in [0.15, 0.2) is 0 Å². The van der Waals surface area contributed by atoms with Crippen LogP contribution in [-0.4, -0.2) is 35.0 Å². The molecule has 0 aromatic carbocycles. The maximum Gasteiger partial charge on any atom is 0.371 e. The van der Waals surface area contributed by atoms with Crippen LogP contribution in [0.25, 0.3) is 19.5 Å². The monoisotopic (exact) mass is 612 g/mol. The Hall–Kier alpha value is -1.54. The predicted molar refractivity (Wildman–Crippen MR) is 114 cm³/mol. The van der Waals surface area contributed by atoms with E-state index in [2.05, 4.69) is 31.9 Å². The van der Waals surface area contributed by atoms with E-state index in [-0.39, 0.29) is 28.5 Å². The van der Waals surface area contributed by atoms with Gasteiger partial charge in [-0.1, -0.05) is 0 Å². The SMILES string of the molecule is O=C1c2c(Br)sc(-c3ccc(-c4sc(Br)c5c4C(=O)C(F)(F)C5=O)s3)c2C(=O)C1(F)F. The van der Waals surface area contributed by atoms with Gasteiger partial charge in [-0.25, -0.2) is 0 Å². The second-order valence-corrected chi connectivity index (χ2v) is 12.3. The summed E-state index contributed by atoms with van der Waals surface area (Å²) >= 11 is 8.92. The molecule has 0 amide bonds. The first-order valence-electron chi connectivity index (χ1n) is 8.09. The van der Waals surface area contributed by atoms with E-state index in [0.717, 1.165) is 34.0 Å². The number of hydrogen-bond acceptors (Lipinski definition) is 7. The number of Topliss-reactive ketones (excluding diaryl/α,β-unsaturated/α-hetero) is 4. The Morgan fingerprint density at radius 2 is 0.903 bits per heavy atom. The minimum atomic E-state index is -4.15. The number of fused-ring (bicyclic) bond motifs is 2. The van der Waals surface area contributed by atoms with E-state index < -0.39 is 46.1 Å². The van der Waals surface area contributed by atoms with Gasteiger partial charge in [-0.2, -0.15) is 17.6 Å². The first kappa shape index (κ1) is 21.3. The van der Waals surface area contributed by atoms with E-state index in [9.17, 15) is 36.7 Å². The first-order valence-corrected chi connectivity index (χ1v) is 12.1. The van der Waals surface area contributed by atoms with Gasteiger partial charge in [0.05, 0.1) is 39.6 Å². The van der Waals surface area contributed by atoms with Crippen molar-refractivity contribution >= 4 is 89.0 Å². The van der Waals surface area contributed by atoms with Crippen molar-refractivity contribution < 1.29 is 36.7 Å². The van der Waals surface area contributed by atoms with Crippen LogP contribution in [0.1, 0.15) is 41.4 Å². The number of halogens is 6. The lowest BCUT2D eigenvalue weighted by molar-refractivity contribution is 0.0186. The number of thiophene rings is 3. The molecule has 3 heterocycles. The second kappa shape index (κ2) is 6.50. The zero-order valence-corrected chi connectivity index (χ0v) is 19.9. The van der Waals surface area contributed by atoms with E-state index >= 15 is 0 Å². The summed E-state index contributed by atoms with van der Waals surface area (Å²) in [6.07, 6.45) is 0. The number of carbonyl (C=O) groups excluding carboxylic acids is 4. The Kier molecular flexibility index (Phi) is 4.47. The third kappa shape index (κ3) is 2.60. The van der Waals surface area contributed by atoms with E-state index in [1.807, 2.05) is 0 Å². The van der Waals surface area contributed by atoms with Crippen molar-refractivity contribution in [1.29, 1.82) is 0 Å². The van der Waals surface area contributed by atoms with E-state index in [0.29, 0.717) is 9.75 Å². The fourth-order valence-electron chi connectivity index (χ4n) is 3.41. The van der Waals surface area contributed by atoms with Gasteiger partial charge in [-0.15, -0.1) is 34.0 Å². The summed E-state index contributed by atoms with van der Waals surface area (Å²) < 4.78 is 56.0. The number of alkyl halides is 4. The zero-order chi connectivity index (χ0) is 22.6. The van der Waals surface area contributed by atoms with Crippen LogP contribution in [0.4, 0.5) is 17.6 Å². The molecule has 0 fully saturated rings. The molecule has 2 aliphatic rings. The normalized spacial score (nSPS) is 18.8. The molecule has 31 heavy (non-hydrogen) atoms. The Morgan fingerprint density at radius 3 is 1.26 bits per heavy atom. The van der Waals surface area contributed by atoms with Crippen LogP contribution in [0.2, 0.25) is 0 Å². The number of hydrogen-bond donors (Lipinski definition) is 0. The highest BCUT2D eigenvalue weighted by atomic mass is 79.9. The number of carbonyl (C=O) groups is 4. The fourth-order valence-corrected chi connectivity index (χ4v) is 8.42. The highest BCUT2D eigenvalue weighted by Gasteiger charge is 2.59. The molecule has 4 nitrogen and oxygen atoms in total. The lowest BCUT2D eigenvalue weighted by Crippen LogP contribution is -2.30. The Balaban J connectivity index is 1.65. The van der Waals surface area contributed by atoms with Crippen molar-refractivity contribution in [1.82, 2.24) is 0 Å². The summed E-state index contributed by atoms with van der Waals surface area (Å²) in [7, 11) is 0. The highest BCUT2D eigenvalue weighted by molar-refractivity contribution is 9.11. The third-order valence-electron chi connectivity index (χ3n) is 4.83. The Morgan fingerprint density at radius 1 is 0.581 bits per heavy atom. The van der Waals surface area contributed by atoms with Gasteiger partial charge in [0.1, 0.15) is 0 Å². The molecule has 0 atom stereocenters. The number of rotatable bonds is 2. The van der Waals surface area contributed by atoms with Crippen LogP contribution in [0.3, 0.4) is 0 Å². The Labute approximate surface area is 198 Å². The van der Waals surface area contributed by atoms with Gasteiger partial charge >= 0.3 is 11.8 Å². The Bertz CT molecular complexity index is 1300. The lowest BCUT2D eigenvalue weighted by atomic mass is 10.1. The molecule has 3 aromatic heterocycles. The van der Waals surface area contributed by atoms with Crippen LogP contribution in [0.5, 0.6) is 0 Å². The zero-order valence-electron chi connectivity index (χ0n) is 14.3.